The number of nitrogens with zero attached hydrogens (tertiary/aromatic N) is 7. The van der Waals surface area contributed by atoms with Crippen LogP contribution in [-0.4, -0.2) is 41.2 Å². The second kappa shape index (κ2) is 7.79. The molecular weight excluding hydrogens is 340 g/mol. The van der Waals surface area contributed by atoms with Gasteiger partial charge in [-0.05, 0) is 32.4 Å². The van der Waals surface area contributed by atoms with Crippen LogP contribution in [0, 0.1) is 6.92 Å². The second-order valence-electron chi connectivity index (χ2n) is 6.93. The quantitative estimate of drug-likeness (QED) is 0.745. The van der Waals surface area contributed by atoms with E-state index in [2.05, 4.69) is 36.5 Å². The van der Waals surface area contributed by atoms with E-state index in [1.54, 1.807) is 18.5 Å². The minimum Gasteiger partial charge on any atom is -0.309 e. The van der Waals surface area contributed by atoms with Crippen LogP contribution < -0.4 is 5.32 Å². The minimum atomic E-state index is 0.276. The van der Waals surface area contributed by atoms with Gasteiger partial charge in [0.1, 0.15) is 11.6 Å². The summed E-state index contributed by atoms with van der Waals surface area (Å²) in [4.78, 5) is 20.2. The molecular formula is C19H24N8. The molecule has 1 aliphatic heterocycles. The zero-order valence-electron chi connectivity index (χ0n) is 15.7. The van der Waals surface area contributed by atoms with E-state index in [1.807, 2.05) is 30.9 Å². The summed E-state index contributed by atoms with van der Waals surface area (Å²) >= 11 is 0. The maximum atomic E-state index is 4.74. The average Bonchev–Trinajstić information content (AvgIpc) is 3.07. The molecule has 0 radical (unpaired) electrons. The molecule has 1 N–H and O–H groups in total. The van der Waals surface area contributed by atoms with Gasteiger partial charge in [0.05, 0.1) is 17.9 Å². The molecule has 4 rings (SSSR count). The Morgan fingerprint density at radius 2 is 2.04 bits per heavy atom. The summed E-state index contributed by atoms with van der Waals surface area (Å²) in [6, 6.07) is 4.09. The fourth-order valence-corrected chi connectivity index (χ4v) is 3.61. The third-order valence-corrected chi connectivity index (χ3v) is 4.76. The first-order valence-corrected chi connectivity index (χ1v) is 9.28. The van der Waals surface area contributed by atoms with Crippen LogP contribution >= 0.6 is 0 Å². The number of aryl methyl sites for hydroxylation is 2. The number of nitrogens with one attached hydrogen (secondary N) is 1. The predicted octanol–water partition coefficient (Wildman–Crippen LogP) is 2.78. The summed E-state index contributed by atoms with van der Waals surface area (Å²) in [5, 5.41) is 7.48. The molecule has 0 amide bonds. The lowest BCUT2D eigenvalue weighted by Gasteiger charge is -2.35. The molecule has 8 heteroatoms. The van der Waals surface area contributed by atoms with Crippen molar-refractivity contribution >= 4 is 11.8 Å². The number of hydrogen-bond donors (Lipinski definition) is 1. The number of rotatable bonds is 5. The topological polar surface area (TPSA) is 84.7 Å². The molecule has 140 valence electrons. The number of anilines is 2. The minimum absolute atomic E-state index is 0.276. The Morgan fingerprint density at radius 1 is 1.19 bits per heavy atom. The van der Waals surface area contributed by atoms with Crippen LogP contribution in [0.4, 0.5) is 11.8 Å². The molecule has 3 aromatic rings. The Morgan fingerprint density at radius 3 is 2.81 bits per heavy atom. The highest BCUT2D eigenvalue weighted by Gasteiger charge is 2.26. The van der Waals surface area contributed by atoms with Gasteiger partial charge in [-0.1, -0.05) is 6.42 Å². The van der Waals surface area contributed by atoms with E-state index in [1.165, 1.54) is 18.4 Å². The zero-order valence-corrected chi connectivity index (χ0v) is 15.7. The van der Waals surface area contributed by atoms with Crippen molar-refractivity contribution in [1.29, 1.82) is 0 Å². The van der Waals surface area contributed by atoms with Crippen LogP contribution in [0.2, 0.25) is 0 Å². The molecule has 1 atom stereocenters. The summed E-state index contributed by atoms with van der Waals surface area (Å²) in [6.45, 7) is 3.87. The summed E-state index contributed by atoms with van der Waals surface area (Å²) in [5.74, 6) is 2.02. The van der Waals surface area contributed by atoms with Gasteiger partial charge in [-0.25, -0.2) is 19.9 Å². The highest BCUT2D eigenvalue weighted by atomic mass is 15.2. The van der Waals surface area contributed by atoms with E-state index in [9.17, 15) is 0 Å². The monoisotopic (exact) mass is 364 g/mol. The van der Waals surface area contributed by atoms with Gasteiger partial charge in [-0.3, -0.25) is 9.58 Å². The fraction of sp³-hybridized carbons (Fsp3) is 0.421. The standard InChI is InChI=1S/C19H24N8/c1-14-23-16(10-18(24-14)25-19-20-7-5-8-21-19)17-6-3-4-9-27(17)13-15-11-22-26(2)12-15/h5,7-8,10-12,17H,3-4,6,9,13H2,1-2H3,(H,20,21,23,24,25). The molecule has 1 saturated heterocycles. The van der Waals surface area contributed by atoms with Crippen LogP contribution in [0.1, 0.15) is 42.4 Å². The van der Waals surface area contributed by atoms with E-state index in [4.69, 9.17) is 4.98 Å². The first kappa shape index (κ1) is 17.5. The lowest BCUT2D eigenvalue weighted by molar-refractivity contribution is 0.137. The molecule has 0 bridgehead atoms. The highest BCUT2D eigenvalue weighted by Crippen LogP contribution is 2.32. The molecule has 0 spiro atoms. The molecule has 0 aliphatic carbocycles. The van der Waals surface area contributed by atoms with E-state index < -0.39 is 0 Å². The zero-order chi connectivity index (χ0) is 18.6. The SMILES string of the molecule is Cc1nc(Nc2ncccn2)cc(C2CCCCN2Cc2cnn(C)c2)n1. The van der Waals surface area contributed by atoms with Crippen molar-refractivity contribution in [2.24, 2.45) is 7.05 Å². The number of piperidine rings is 1. The largest absolute Gasteiger partial charge is 0.309 e. The number of aromatic nitrogens is 6. The summed E-state index contributed by atoms with van der Waals surface area (Å²) in [5.41, 5.74) is 2.27. The molecule has 0 aromatic carbocycles. The molecule has 4 heterocycles. The Hall–Kier alpha value is -2.87. The molecule has 0 saturated carbocycles. The Kier molecular flexibility index (Phi) is 5.06. The maximum Gasteiger partial charge on any atom is 0.228 e. The Bertz CT molecular complexity index is 892. The molecule has 3 aromatic heterocycles. The molecule has 8 nitrogen and oxygen atoms in total. The van der Waals surface area contributed by atoms with Crippen molar-refractivity contribution in [3.63, 3.8) is 0 Å². The maximum absolute atomic E-state index is 4.74. The van der Waals surface area contributed by atoms with Gasteiger partial charge in [0.25, 0.3) is 0 Å². The van der Waals surface area contributed by atoms with Crippen molar-refractivity contribution in [3.05, 3.63) is 54.0 Å². The van der Waals surface area contributed by atoms with E-state index in [0.717, 1.165) is 36.8 Å². The number of hydrogen-bond acceptors (Lipinski definition) is 7. The predicted molar refractivity (Wildman–Crippen MR) is 102 cm³/mol. The Labute approximate surface area is 158 Å². The van der Waals surface area contributed by atoms with Gasteiger partial charge in [-0.15, -0.1) is 0 Å². The summed E-state index contributed by atoms with van der Waals surface area (Å²) < 4.78 is 1.85. The molecule has 1 unspecified atom stereocenters. The van der Waals surface area contributed by atoms with Crippen LogP contribution in [0.25, 0.3) is 0 Å². The van der Waals surface area contributed by atoms with Gasteiger partial charge < -0.3 is 5.32 Å². The van der Waals surface area contributed by atoms with Gasteiger partial charge in [-0.2, -0.15) is 5.10 Å². The van der Waals surface area contributed by atoms with Crippen LogP contribution in [-0.2, 0) is 13.6 Å². The lowest BCUT2D eigenvalue weighted by Crippen LogP contribution is -2.33. The van der Waals surface area contributed by atoms with Crippen molar-refractivity contribution in [3.8, 4) is 0 Å². The number of likely N-dealkylation sites (tertiary alicyclic amines) is 1. The third kappa shape index (κ3) is 4.28. The van der Waals surface area contributed by atoms with E-state index in [-0.39, 0.29) is 6.04 Å². The van der Waals surface area contributed by atoms with Gasteiger partial charge in [0.2, 0.25) is 5.95 Å². The molecule has 1 aliphatic rings. The van der Waals surface area contributed by atoms with Crippen molar-refractivity contribution in [2.75, 3.05) is 11.9 Å². The Balaban J connectivity index is 1.58. The van der Waals surface area contributed by atoms with Crippen LogP contribution in [0.3, 0.4) is 0 Å². The average molecular weight is 364 g/mol. The fourth-order valence-electron chi connectivity index (χ4n) is 3.61. The molecule has 27 heavy (non-hydrogen) atoms. The first-order chi connectivity index (χ1) is 13.2. The molecule has 1 fully saturated rings. The van der Waals surface area contributed by atoms with Gasteiger partial charge in [0.15, 0.2) is 0 Å². The summed E-state index contributed by atoms with van der Waals surface area (Å²) in [7, 11) is 1.95. The van der Waals surface area contributed by atoms with Gasteiger partial charge in [0, 0.05) is 43.8 Å². The van der Waals surface area contributed by atoms with Gasteiger partial charge >= 0.3 is 0 Å². The van der Waals surface area contributed by atoms with Crippen molar-refractivity contribution in [2.45, 2.75) is 38.8 Å². The summed E-state index contributed by atoms with van der Waals surface area (Å²) in [6.07, 6.45) is 11.0. The smallest absolute Gasteiger partial charge is 0.228 e. The normalized spacial score (nSPS) is 17.8. The third-order valence-electron chi connectivity index (χ3n) is 4.76. The van der Waals surface area contributed by atoms with Crippen molar-refractivity contribution in [1.82, 2.24) is 34.6 Å². The van der Waals surface area contributed by atoms with Crippen LogP contribution in [0.5, 0.6) is 0 Å². The lowest BCUT2D eigenvalue weighted by atomic mass is 9.98. The first-order valence-electron chi connectivity index (χ1n) is 9.28. The highest BCUT2D eigenvalue weighted by molar-refractivity contribution is 5.48. The van der Waals surface area contributed by atoms with E-state index >= 15 is 0 Å². The van der Waals surface area contributed by atoms with Crippen LogP contribution in [0.15, 0.2) is 36.9 Å². The van der Waals surface area contributed by atoms with E-state index in [0.29, 0.717) is 5.95 Å². The second-order valence-corrected chi connectivity index (χ2v) is 6.93. The van der Waals surface area contributed by atoms with Crippen molar-refractivity contribution < 1.29 is 0 Å².